The average Bonchev–Trinajstić information content (AvgIpc) is 2.79. The molecular formula is C19H29NO2. The van der Waals surface area contributed by atoms with Crippen LogP contribution in [0.1, 0.15) is 58.8 Å². The molecule has 1 saturated heterocycles. The standard InChI is InChI=1S/C19H29NO2/c1-18-11-9-17(22)20(3)15(18)6-4-12-13-5-7-16(21)19(13,2)10-8-14(12)18/h6,12-14,16,21H,4-5,7-11H2,1-3H3/t12-,13+,14+,16+,18-,19+/m1/s1. The van der Waals surface area contributed by atoms with Gasteiger partial charge in [-0.05, 0) is 61.7 Å². The third kappa shape index (κ3) is 1.69. The van der Waals surface area contributed by atoms with Crippen LogP contribution in [0.2, 0.25) is 0 Å². The van der Waals surface area contributed by atoms with Crippen LogP contribution in [-0.2, 0) is 4.79 Å². The highest BCUT2D eigenvalue weighted by Gasteiger charge is 2.59. The molecule has 0 unspecified atom stereocenters. The third-order valence-electron chi connectivity index (χ3n) is 7.97. The van der Waals surface area contributed by atoms with Gasteiger partial charge >= 0.3 is 0 Å². The van der Waals surface area contributed by atoms with Gasteiger partial charge in [0.2, 0.25) is 5.91 Å². The van der Waals surface area contributed by atoms with E-state index in [-0.39, 0.29) is 22.8 Å². The van der Waals surface area contributed by atoms with Crippen molar-refractivity contribution in [2.45, 2.75) is 64.9 Å². The Morgan fingerprint density at radius 2 is 1.95 bits per heavy atom. The Hall–Kier alpha value is -0.830. The Balaban J connectivity index is 1.71. The lowest BCUT2D eigenvalue weighted by Crippen LogP contribution is -2.54. The van der Waals surface area contributed by atoms with Gasteiger partial charge in [-0.1, -0.05) is 19.9 Å². The van der Waals surface area contributed by atoms with Gasteiger partial charge in [0, 0.05) is 24.6 Å². The predicted octanol–water partition coefficient (Wildman–Crippen LogP) is 3.34. The number of carbonyl (C=O) groups excluding carboxylic acids is 1. The van der Waals surface area contributed by atoms with Crippen molar-refractivity contribution in [2.24, 2.45) is 28.6 Å². The summed E-state index contributed by atoms with van der Waals surface area (Å²) in [7, 11) is 1.96. The molecular weight excluding hydrogens is 274 g/mol. The second-order valence-electron chi connectivity index (χ2n) is 8.71. The van der Waals surface area contributed by atoms with E-state index in [1.165, 1.54) is 18.5 Å². The Kier molecular flexibility index (Phi) is 3.08. The number of aliphatic hydroxyl groups excluding tert-OH is 1. The quantitative estimate of drug-likeness (QED) is 0.745. The molecule has 4 rings (SSSR count). The highest BCUT2D eigenvalue weighted by molar-refractivity contribution is 5.79. The molecule has 3 heteroatoms. The first-order chi connectivity index (χ1) is 10.4. The summed E-state index contributed by atoms with van der Waals surface area (Å²) in [5, 5.41) is 10.5. The monoisotopic (exact) mass is 303 g/mol. The first-order valence-electron chi connectivity index (χ1n) is 9.03. The number of amides is 1. The number of rotatable bonds is 0. The molecule has 3 fully saturated rings. The minimum atomic E-state index is -0.104. The maximum absolute atomic E-state index is 12.1. The van der Waals surface area contributed by atoms with Crippen LogP contribution < -0.4 is 0 Å². The highest BCUT2D eigenvalue weighted by Crippen LogP contribution is 2.64. The number of likely N-dealkylation sites (tertiary alicyclic amines) is 1. The normalized spacial score (nSPS) is 51.0. The number of nitrogens with zero attached hydrogens (tertiary/aromatic N) is 1. The molecule has 3 nitrogen and oxygen atoms in total. The minimum Gasteiger partial charge on any atom is -0.393 e. The van der Waals surface area contributed by atoms with Gasteiger partial charge in [-0.25, -0.2) is 0 Å². The molecule has 0 bridgehead atoms. The van der Waals surface area contributed by atoms with Gasteiger partial charge in [0.1, 0.15) is 0 Å². The van der Waals surface area contributed by atoms with E-state index >= 15 is 0 Å². The molecule has 4 aliphatic rings. The summed E-state index contributed by atoms with van der Waals surface area (Å²) in [6, 6.07) is 0. The number of hydrogen-bond acceptors (Lipinski definition) is 2. The molecule has 2 saturated carbocycles. The fourth-order valence-electron chi connectivity index (χ4n) is 6.55. The van der Waals surface area contributed by atoms with E-state index in [1.54, 1.807) is 0 Å². The van der Waals surface area contributed by atoms with Crippen LogP contribution >= 0.6 is 0 Å². The predicted molar refractivity (Wildman–Crippen MR) is 85.9 cm³/mol. The maximum Gasteiger partial charge on any atom is 0.226 e. The van der Waals surface area contributed by atoms with Crippen LogP contribution in [0.25, 0.3) is 0 Å². The summed E-state index contributed by atoms with van der Waals surface area (Å²) in [5.74, 6) is 2.33. The molecule has 122 valence electrons. The van der Waals surface area contributed by atoms with Crippen molar-refractivity contribution in [3.8, 4) is 0 Å². The summed E-state index contributed by atoms with van der Waals surface area (Å²) in [4.78, 5) is 14.0. The van der Waals surface area contributed by atoms with Gasteiger partial charge < -0.3 is 10.0 Å². The zero-order chi connectivity index (χ0) is 15.7. The van der Waals surface area contributed by atoms with Crippen molar-refractivity contribution < 1.29 is 9.90 Å². The minimum absolute atomic E-state index is 0.104. The molecule has 0 aromatic heterocycles. The molecule has 6 atom stereocenters. The fraction of sp³-hybridized carbons (Fsp3) is 0.842. The van der Waals surface area contributed by atoms with E-state index in [1.807, 2.05) is 11.9 Å². The Morgan fingerprint density at radius 3 is 2.73 bits per heavy atom. The zero-order valence-corrected chi connectivity index (χ0v) is 14.1. The summed E-state index contributed by atoms with van der Waals surface area (Å²) in [6.07, 6.45) is 9.59. The van der Waals surface area contributed by atoms with E-state index < -0.39 is 0 Å². The largest absolute Gasteiger partial charge is 0.393 e. The van der Waals surface area contributed by atoms with Crippen LogP contribution in [0.3, 0.4) is 0 Å². The number of hydrogen-bond donors (Lipinski definition) is 1. The fourth-order valence-corrected chi connectivity index (χ4v) is 6.55. The van der Waals surface area contributed by atoms with Crippen molar-refractivity contribution in [1.82, 2.24) is 4.90 Å². The second-order valence-corrected chi connectivity index (χ2v) is 8.71. The lowest BCUT2D eigenvalue weighted by Gasteiger charge is -2.58. The van der Waals surface area contributed by atoms with Gasteiger partial charge in [-0.15, -0.1) is 0 Å². The summed E-state index contributed by atoms with van der Waals surface area (Å²) in [5.41, 5.74) is 1.59. The van der Waals surface area contributed by atoms with Gasteiger partial charge in [-0.2, -0.15) is 0 Å². The lowest BCUT2D eigenvalue weighted by atomic mass is 9.49. The van der Waals surface area contributed by atoms with Gasteiger partial charge in [-0.3, -0.25) is 4.79 Å². The Labute approximate surface area is 133 Å². The van der Waals surface area contributed by atoms with Crippen LogP contribution in [-0.4, -0.2) is 29.1 Å². The van der Waals surface area contributed by atoms with Crippen LogP contribution in [0.4, 0.5) is 0 Å². The average molecular weight is 303 g/mol. The van der Waals surface area contributed by atoms with E-state index in [0.29, 0.717) is 24.2 Å². The molecule has 22 heavy (non-hydrogen) atoms. The van der Waals surface area contributed by atoms with Gasteiger partial charge in [0.05, 0.1) is 6.10 Å². The number of fused-ring (bicyclic) bond motifs is 5. The van der Waals surface area contributed by atoms with E-state index in [0.717, 1.165) is 25.7 Å². The van der Waals surface area contributed by atoms with Crippen molar-refractivity contribution in [3.05, 3.63) is 11.8 Å². The SMILES string of the molecule is CN1C(=O)CC[C@@]2(C)C1=CC[C@@H]1[C@@H]3CC[C@H](O)[C@@]3(C)CC[C@@H]12. The van der Waals surface area contributed by atoms with E-state index in [9.17, 15) is 9.90 Å². The maximum atomic E-state index is 12.1. The topological polar surface area (TPSA) is 40.5 Å². The first kappa shape index (κ1) is 14.7. The highest BCUT2D eigenvalue weighted by atomic mass is 16.3. The molecule has 0 radical (unpaired) electrons. The molecule has 0 spiro atoms. The zero-order valence-electron chi connectivity index (χ0n) is 14.1. The number of allylic oxidation sites excluding steroid dienone is 2. The molecule has 0 aromatic carbocycles. The molecule has 1 N–H and O–H groups in total. The smallest absolute Gasteiger partial charge is 0.226 e. The van der Waals surface area contributed by atoms with Crippen LogP contribution in [0.5, 0.6) is 0 Å². The lowest BCUT2D eigenvalue weighted by molar-refractivity contribution is -0.136. The van der Waals surface area contributed by atoms with Crippen LogP contribution in [0, 0.1) is 28.6 Å². The molecule has 3 aliphatic carbocycles. The Morgan fingerprint density at radius 1 is 1.18 bits per heavy atom. The molecule has 1 aliphatic heterocycles. The molecule has 0 aromatic rings. The van der Waals surface area contributed by atoms with E-state index in [2.05, 4.69) is 19.9 Å². The van der Waals surface area contributed by atoms with Crippen LogP contribution in [0.15, 0.2) is 11.8 Å². The van der Waals surface area contributed by atoms with Gasteiger partial charge in [0.15, 0.2) is 0 Å². The summed E-state index contributed by atoms with van der Waals surface area (Å²) in [6.45, 7) is 4.72. The van der Waals surface area contributed by atoms with Crippen molar-refractivity contribution in [2.75, 3.05) is 7.05 Å². The third-order valence-corrected chi connectivity index (χ3v) is 7.97. The second kappa shape index (κ2) is 4.59. The summed E-state index contributed by atoms with van der Waals surface area (Å²) < 4.78 is 0. The number of carbonyl (C=O) groups is 1. The number of piperidine rings is 1. The Bertz CT molecular complexity index is 542. The van der Waals surface area contributed by atoms with Crippen molar-refractivity contribution in [3.63, 3.8) is 0 Å². The molecule has 1 amide bonds. The van der Waals surface area contributed by atoms with Crippen molar-refractivity contribution >= 4 is 5.91 Å². The summed E-state index contributed by atoms with van der Waals surface area (Å²) >= 11 is 0. The van der Waals surface area contributed by atoms with Crippen molar-refractivity contribution in [1.29, 1.82) is 0 Å². The first-order valence-corrected chi connectivity index (χ1v) is 9.03. The van der Waals surface area contributed by atoms with E-state index in [4.69, 9.17) is 0 Å². The molecule has 1 heterocycles. The van der Waals surface area contributed by atoms with Gasteiger partial charge in [0.25, 0.3) is 0 Å². The number of aliphatic hydroxyl groups is 1.